The van der Waals surface area contributed by atoms with Crippen molar-refractivity contribution in [1.82, 2.24) is 10.2 Å². The van der Waals surface area contributed by atoms with Crippen LogP contribution in [0.2, 0.25) is 0 Å². The highest BCUT2D eigenvalue weighted by molar-refractivity contribution is 7.92. The zero-order chi connectivity index (χ0) is 20.0. The van der Waals surface area contributed by atoms with E-state index in [1.54, 1.807) is 19.1 Å². The molecule has 1 saturated heterocycles. The van der Waals surface area contributed by atoms with E-state index in [0.717, 1.165) is 29.2 Å². The van der Waals surface area contributed by atoms with Crippen molar-refractivity contribution >= 4 is 21.6 Å². The van der Waals surface area contributed by atoms with Gasteiger partial charge in [0.15, 0.2) is 0 Å². The summed E-state index contributed by atoms with van der Waals surface area (Å²) in [4.78, 5) is 14.8. The summed E-state index contributed by atoms with van der Waals surface area (Å²) in [6.45, 7) is 7.64. The number of hydrogen-bond donors (Lipinski definition) is 1. The van der Waals surface area contributed by atoms with E-state index in [0.29, 0.717) is 37.7 Å². The van der Waals surface area contributed by atoms with Crippen molar-refractivity contribution in [3.05, 3.63) is 23.8 Å². The lowest BCUT2D eigenvalue weighted by Gasteiger charge is -2.30. The molecule has 1 atom stereocenters. The molecule has 1 aliphatic rings. The highest BCUT2D eigenvalue weighted by Gasteiger charge is 2.31. The van der Waals surface area contributed by atoms with Crippen molar-refractivity contribution in [3.8, 4) is 5.75 Å². The Morgan fingerprint density at radius 1 is 1.37 bits per heavy atom. The van der Waals surface area contributed by atoms with Crippen LogP contribution in [-0.4, -0.2) is 78.0 Å². The molecule has 9 heteroatoms. The van der Waals surface area contributed by atoms with Gasteiger partial charge in [0.05, 0.1) is 32.3 Å². The summed E-state index contributed by atoms with van der Waals surface area (Å²) < 4.78 is 36.6. The summed E-state index contributed by atoms with van der Waals surface area (Å²) in [6, 6.07) is 4.33. The second-order valence-corrected chi connectivity index (χ2v) is 8.51. The first kappa shape index (κ1) is 21.5. The molecule has 1 aromatic rings. The number of ether oxygens (including phenoxy) is 2. The number of aryl methyl sites for hydroxylation is 1. The van der Waals surface area contributed by atoms with Crippen molar-refractivity contribution in [3.63, 3.8) is 0 Å². The molecule has 0 unspecified atom stereocenters. The summed E-state index contributed by atoms with van der Waals surface area (Å²) in [5.41, 5.74) is 1.23. The smallest absolute Gasteiger partial charge is 0.243 e. The number of nitrogens with zero attached hydrogens (tertiary/aromatic N) is 2. The number of rotatable bonds is 8. The Kier molecular flexibility index (Phi) is 7.46. The lowest BCUT2D eigenvalue weighted by molar-refractivity contribution is -0.121. The second-order valence-electron chi connectivity index (χ2n) is 6.66. The van der Waals surface area contributed by atoms with Gasteiger partial charge >= 0.3 is 0 Å². The average Bonchev–Trinajstić information content (AvgIpc) is 2.61. The van der Waals surface area contributed by atoms with Crippen molar-refractivity contribution < 1.29 is 22.7 Å². The van der Waals surface area contributed by atoms with Gasteiger partial charge in [0.25, 0.3) is 0 Å². The molecule has 0 saturated carbocycles. The van der Waals surface area contributed by atoms with Crippen molar-refractivity contribution in [2.75, 3.05) is 57.1 Å². The first-order valence-corrected chi connectivity index (χ1v) is 10.8. The Labute approximate surface area is 161 Å². The van der Waals surface area contributed by atoms with E-state index in [1.165, 1.54) is 7.11 Å². The van der Waals surface area contributed by atoms with E-state index in [-0.39, 0.29) is 5.91 Å². The number of sulfonamides is 1. The summed E-state index contributed by atoms with van der Waals surface area (Å²) in [5.74, 6) is 0.0521. The Balaban J connectivity index is 2.11. The van der Waals surface area contributed by atoms with Gasteiger partial charge in [0, 0.05) is 26.2 Å². The Morgan fingerprint density at radius 2 is 2.04 bits per heavy atom. The third-order valence-corrected chi connectivity index (χ3v) is 5.72. The largest absolute Gasteiger partial charge is 0.495 e. The summed E-state index contributed by atoms with van der Waals surface area (Å²) in [6.07, 6.45) is 1.09. The molecular weight excluding hydrogens is 370 g/mol. The number of nitrogens with one attached hydrogen (secondary N) is 1. The van der Waals surface area contributed by atoms with E-state index in [2.05, 4.69) is 10.2 Å². The van der Waals surface area contributed by atoms with E-state index in [9.17, 15) is 13.2 Å². The van der Waals surface area contributed by atoms with Crippen LogP contribution in [0.15, 0.2) is 18.2 Å². The number of carbonyl (C=O) groups excluding carboxylic acids is 1. The minimum absolute atomic E-state index is 0.350. The molecule has 1 fully saturated rings. The molecular formula is C18H29N3O5S. The van der Waals surface area contributed by atoms with Gasteiger partial charge in [-0.1, -0.05) is 6.07 Å². The van der Waals surface area contributed by atoms with Crippen LogP contribution in [0.3, 0.4) is 0 Å². The fourth-order valence-electron chi connectivity index (χ4n) is 3.06. The second kappa shape index (κ2) is 9.38. The van der Waals surface area contributed by atoms with Crippen LogP contribution < -0.4 is 14.4 Å². The van der Waals surface area contributed by atoms with Crippen molar-refractivity contribution in [2.24, 2.45) is 0 Å². The number of carbonyl (C=O) groups is 1. The molecule has 0 radical (unpaired) electrons. The van der Waals surface area contributed by atoms with Crippen LogP contribution >= 0.6 is 0 Å². The fourth-order valence-corrected chi connectivity index (χ4v) is 4.23. The molecule has 1 amide bonds. The van der Waals surface area contributed by atoms with Crippen LogP contribution in [0.25, 0.3) is 0 Å². The quantitative estimate of drug-likeness (QED) is 0.689. The van der Waals surface area contributed by atoms with Gasteiger partial charge in [-0.05, 0) is 31.5 Å². The van der Waals surface area contributed by atoms with Gasteiger partial charge in [-0.2, -0.15) is 0 Å². The fraction of sp³-hybridized carbons (Fsp3) is 0.611. The SMILES string of the molecule is COc1ccc(C)cc1N([C@H](C)C(=O)NCCN1CCOCC1)S(C)(=O)=O. The predicted octanol–water partition coefficient (Wildman–Crippen LogP) is 0.607. The van der Waals surface area contributed by atoms with Crippen LogP contribution in [0.1, 0.15) is 12.5 Å². The molecule has 0 spiro atoms. The molecule has 152 valence electrons. The Morgan fingerprint density at radius 3 is 2.63 bits per heavy atom. The average molecular weight is 400 g/mol. The number of benzene rings is 1. The molecule has 0 aliphatic carbocycles. The minimum Gasteiger partial charge on any atom is -0.495 e. The molecule has 1 N–H and O–H groups in total. The molecule has 1 aliphatic heterocycles. The molecule has 27 heavy (non-hydrogen) atoms. The molecule has 0 bridgehead atoms. The van der Waals surface area contributed by atoms with Crippen LogP contribution in [0.4, 0.5) is 5.69 Å². The van der Waals surface area contributed by atoms with E-state index in [4.69, 9.17) is 9.47 Å². The van der Waals surface area contributed by atoms with Gasteiger partial charge < -0.3 is 14.8 Å². The summed E-state index contributed by atoms with van der Waals surface area (Å²) in [5, 5.41) is 2.84. The number of hydrogen-bond acceptors (Lipinski definition) is 6. The number of anilines is 1. The highest BCUT2D eigenvalue weighted by atomic mass is 32.2. The van der Waals surface area contributed by atoms with Gasteiger partial charge in [-0.3, -0.25) is 14.0 Å². The lowest BCUT2D eigenvalue weighted by atomic mass is 10.2. The molecule has 1 aromatic carbocycles. The third kappa shape index (κ3) is 5.82. The topological polar surface area (TPSA) is 88.2 Å². The standard InChI is InChI=1S/C18H29N3O5S/c1-14-5-6-17(25-3)16(13-14)21(27(4,23)24)15(2)18(22)19-7-8-20-9-11-26-12-10-20/h5-6,13,15H,7-12H2,1-4H3,(H,19,22)/t15-/m1/s1. The Hall–Kier alpha value is -1.84. The van der Waals surface area contributed by atoms with Crippen molar-refractivity contribution in [2.45, 2.75) is 19.9 Å². The van der Waals surface area contributed by atoms with Crippen LogP contribution in [0.5, 0.6) is 5.75 Å². The monoisotopic (exact) mass is 399 g/mol. The maximum atomic E-state index is 12.6. The third-order valence-electron chi connectivity index (χ3n) is 4.49. The number of amides is 1. The van der Waals surface area contributed by atoms with Crippen molar-refractivity contribution in [1.29, 1.82) is 0 Å². The van der Waals surface area contributed by atoms with E-state index >= 15 is 0 Å². The maximum absolute atomic E-state index is 12.6. The van der Waals surface area contributed by atoms with Gasteiger partial charge in [-0.15, -0.1) is 0 Å². The highest BCUT2D eigenvalue weighted by Crippen LogP contribution is 2.32. The number of morpholine rings is 1. The number of methoxy groups -OCH3 is 1. The zero-order valence-electron chi connectivity index (χ0n) is 16.4. The molecule has 1 heterocycles. The first-order chi connectivity index (χ1) is 12.7. The van der Waals surface area contributed by atoms with Crippen LogP contribution in [0, 0.1) is 6.92 Å². The first-order valence-electron chi connectivity index (χ1n) is 8.96. The molecule has 0 aromatic heterocycles. The zero-order valence-corrected chi connectivity index (χ0v) is 17.2. The molecule has 2 rings (SSSR count). The minimum atomic E-state index is -3.69. The predicted molar refractivity (Wildman–Crippen MR) is 105 cm³/mol. The summed E-state index contributed by atoms with van der Waals surface area (Å²) in [7, 11) is -2.22. The molecule has 8 nitrogen and oxygen atoms in total. The lowest BCUT2D eigenvalue weighted by Crippen LogP contribution is -2.49. The van der Waals surface area contributed by atoms with Gasteiger partial charge in [0.2, 0.25) is 15.9 Å². The maximum Gasteiger partial charge on any atom is 0.243 e. The van der Waals surface area contributed by atoms with E-state index in [1.807, 2.05) is 13.0 Å². The van der Waals surface area contributed by atoms with Gasteiger partial charge in [0.1, 0.15) is 11.8 Å². The summed E-state index contributed by atoms with van der Waals surface area (Å²) >= 11 is 0. The van der Waals surface area contributed by atoms with Crippen LogP contribution in [-0.2, 0) is 19.6 Å². The Bertz CT molecular complexity index is 747. The van der Waals surface area contributed by atoms with E-state index < -0.39 is 16.1 Å². The van der Waals surface area contributed by atoms with Gasteiger partial charge in [-0.25, -0.2) is 8.42 Å². The normalized spacial score (nSPS) is 16.6.